The number of nitrogen functional groups attached to an aromatic ring is 1. The molecule has 0 aliphatic carbocycles. The molecule has 8 nitrogen and oxygen atoms in total. The van der Waals surface area contributed by atoms with Crippen LogP contribution in [0.5, 0.6) is 0 Å². The number of carbonyl (C=O) groups excluding carboxylic acids is 2. The summed E-state index contributed by atoms with van der Waals surface area (Å²) in [4.78, 5) is 38.1. The number of alkyl halides is 3. The van der Waals surface area contributed by atoms with Crippen LogP contribution in [0.1, 0.15) is 11.1 Å². The second kappa shape index (κ2) is 9.25. The molecule has 2 aromatic rings. The lowest BCUT2D eigenvalue weighted by Crippen LogP contribution is -2.68. The van der Waals surface area contributed by atoms with E-state index in [4.69, 9.17) is 16.6 Å². The predicted octanol–water partition coefficient (Wildman–Crippen LogP) is 1.99. The number of imide groups is 1. The van der Waals surface area contributed by atoms with Gasteiger partial charge in [0.15, 0.2) is 6.04 Å². The van der Waals surface area contributed by atoms with Crippen LogP contribution < -0.4 is 11.5 Å². The molecular formula is C19H19F3N4O4. The largest absolute Gasteiger partial charge is 0.480 e. The van der Waals surface area contributed by atoms with E-state index in [9.17, 15) is 27.6 Å². The number of nitrogens with zero attached hydrogens (tertiary/aromatic N) is 2. The number of anilines is 1. The lowest BCUT2D eigenvalue weighted by molar-refractivity contribution is -0.165. The molecule has 2 atom stereocenters. The van der Waals surface area contributed by atoms with Crippen LogP contribution in [0.4, 0.5) is 23.8 Å². The minimum absolute atomic E-state index is 0.173. The summed E-state index contributed by atoms with van der Waals surface area (Å²) >= 11 is 0. The van der Waals surface area contributed by atoms with Crippen LogP contribution in [0, 0.1) is 5.92 Å². The molecule has 30 heavy (non-hydrogen) atoms. The number of hydrogen-bond acceptors (Lipinski definition) is 5. The van der Waals surface area contributed by atoms with Crippen LogP contribution in [0.2, 0.25) is 0 Å². The molecule has 0 saturated carbocycles. The maximum absolute atomic E-state index is 11.7. The molecule has 160 valence electrons. The Morgan fingerprint density at radius 2 is 1.77 bits per heavy atom. The van der Waals surface area contributed by atoms with Gasteiger partial charge in [0.05, 0.1) is 12.3 Å². The Morgan fingerprint density at radius 3 is 2.27 bits per heavy atom. The van der Waals surface area contributed by atoms with Crippen molar-refractivity contribution in [3.05, 3.63) is 59.8 Å². The van der Waals surface area contributed by atoms with Gasteiger partial charge in [-0.1, -0.05) is 30.3 Å². The number of urea groups is 1. The fraction of sp³-hybridized carbons (Fsp3) is 0.263. The van der Waals surface area contributed by atoms with Gasteiger partial charge in [0.2, 0.25) is 5.91 Å². The van der Waals surface area contributed by atoms with Gasteiger partial charge in [0, 0.05) is 6.20 Å². The van der Waals surface area contributed by atoms with Gasteiger partial charge < -0.3 is 16.6 Å². The molecule has 0 radical (unpaired) electrons. The highest BCUT2D eigenvalue weighted by atomic mass is 19.4. The van der Waals surface area contributed by atoms with Gasteiger partial charge in [0.25, 0.3) is 0 Å². The quantitative estimate of drug-likeness (QED) is 0.642. The average molecular weight is 424 g/mol. The molecule has 0 spiro atoms. The van der Waals surface area contributed by atoms with E-state index >= 15 is 0 Å². The Labute approximate surface area is 169 Å². The van der Waals surface area contributed by atoms with E-state index in [-0.39, 0.29) is 12.2 Å². The number of amides is 3. The van der Waals surface area contributed by atoms with Crippen LogP contribution >= 0.6 is 0 Å². The molecule has 3 amide bonds. The molecular weight excluding hydrogens is 405 g/mol. The van der Waals surface area contributed by atoms with Crippen molar-refractivity contribution >= 4 is 23.7 Å². The highest BCUT2D eigenvalue weighted by Crippen LogP contribution is 2.30. The second-order valence-electron chi connectivity index (χ2n) is 6.51. The number of hydrogen-bond donors (Lipinski definition) is 3. The third kappa shape index (κ3) is 5.93. The highest BCUT2D eigenvalue weighted by Gasteiger charge is 2.54. The standard InChI is InChI=1S/C11H12N4O4.C8H7F3/c12-7-4-5(1-2-14-7)3-6-8(10(17)18)15(9(6)16)11(13)19;9-8(10,11)6-7-4-2-1-3-5-7/h1-2,4,6,8H,3H2,(H2,12,14)(H2,13,19)(H,17,18);1-5H,6H2/t6-,8?;/m1./s1. The zero-order valence-corrected chi connectivity index (χ0v) is 15.5. The van der Waals surface area contributed by atoms with Gasteiger partial charge in [-0.15, -0.1) is 0 Å². The van der Waals surface area contributed by atoms with Crippen molar-refractivity contribution in [2.45, 2.75) is 25.1 Å². The number of primary amides is 1. The smallest absolute Gasteiger partial charge is 0.393 e. The maximum Gasteiger partial charge on any atom is 0.393 e. The first kappa shape index (κ1) is 22.7. The number of nitrogens with two attached hydrogens (primary N) is 2. The first-order valence-electron chi connectivity index (χ1n) is 8.66. The highest BCUT2D eigenvalue weighted by molar-refractivity contribution is 6.07. The monoisotopic (exact) mass is 424 g/mol. The minimum atomic E-state index is -4.10. The van der Waals surface area contributed by atoms with Crippen molar-refractivity contribution in [2.24, 2.45) is 11.7 Å². The number of rotatable bonds is 4. The number of carboxylic acid groups (broad SMARTS) is 1. The summed E-state index contributed by atoms with van der Waals surface area (Å²) in [7, 11) is 0. The van der Waals surface area contributed by atoms with Crippen LogP contribution in [0.15, 0.2) is 48.7 Å². The molecule has 11 heteroatoms. The molecule has 0 bridgehead atoms. The van der Waals surface area contributed by atoms with E-state index in [1.807, 2.05) is 0 Å². The second-order valence-corrected chi connectivity index (χ2v) is 6.51. The van der Waals surface area contributed by atoms with Crippen molar-refractivity contribution in [3.8, 4) is 0 Å². The number of aliphatic carboxylic acids is 1. The number of β-lactam (4-membered cyclic amide) rings is 1. The number of carbonyl (C=O) groups is 3. The zero-order chi connectivity index (χ0) is 22.5. The van der Waals surface area contributed by atoms with Crippen molar-refractivity contribution in [2.75, 3.05) is 5.73 Å². The van der Waals surface area contributed by atoms with Gasteiger partial charge in [0.1, 0.15) is 5.82 Å². The number of benzene rings is 1. The van der Waals surface area contributed by atoms with Crippen molar-refractivity contribution in [1.29, 1.82) is 0 Å². The van der Waals surface area contributed by atoms with Crippen LogP contribution in [0.25, 0.3) is 0 Å². The number of halogens is 3. The molecule has 1 saturated heterocycles. The van der Waals surface area contributed by atoms with Crippen LogP contribution in [0.3, 0.4) is 0 Å². The van der Waals surface area contributed by atoms with Crippen LogP contribution in [-0.2, 0) is 22.4 Å². The van der Waals surface area contributed by atoms with Crippen molar-refractivity contribution in [3.63, 3.8) is 0 Å². The van der Waals surface area contributed by atoms with Crippen molar-refractivity contribution in [1.82, 2.24) is 9.88 Å². The van der Waals surface area contributed by atoms with E-state index < -0.39 is 42.5 Å². The Bertz CT molecular complexity index is 921. The lowest BCUT2D eigenvalue weighted by atomic mass is 9.83. The summed E-state index contributed by atoms with van der Waals surface area (Å²) < 4.78 is 35.2. The van der Waals surface area contributed by atoms with E-state index in [2.05, 4.69) is 4.98 Å². The fourth-order valence-electron chi connectivity index (χ4n) is 2.98. The molecule has 1 aromatic heterocycles. The number of pyridine rings is 1. The SMILES string of the molecule is FC(F)(F)Cc1ccccc1.NC(=O)N1C(=O)[C@H](Cc2ccnc(N)c2)C1C(=O)O. The fourth-order valence-corrected chi connectivity index (χ4v) is 2.98. The molecule has 5 N–H and O–H groups in total. The molecule has 2 heterocycles. The topological polar surface area (TPSA) is 140 Å². The Balaban J connectivity index is 0.000000248. The van der Waals surface area contributed by atoms with Gasteiger partial charge in [-0.05, 0) is 29.7 Å². The summed E-state index contributed by atoms with van der Waals surface area (Å²) in [6.07, 6.45) is -3.29. The number of aromatic nitrogens is 1. The van der Waals surface area contributed by atoms with Gasteiger partial charge in [-0.2, -0.15) is 13.2 Å². The third-order valence-corrected chi connectivity index (χ3v) is 4.25. The zero-order valence-electron chi connectivity index (χ0n) is 15.5. The first-order chi connectivity index (χ1) is 14.0. The van der Waals surface area contributed by atoms with Gasteiger partial charge >= 0.3 is 18.2 Å². The lowest BCUT2D eigenvalue weighted by Gasteiger charge is -2.41. The van der Waals surface area contributed by atoms with E-state index in [0.29, 0.717) is 16.0 Å². The molecule has 1 aromatic carbocycles. The molecule has 3 rings (SSSR count). The Hall–Kier alpha value is -3.63. The molecule has 1 unspecified atom stereocenters. The molecule has 1 aliphatic rings. The first-order valence-corrected chi connectivity index (χ1v) is 8.66. The Morgan fingerprint density at radius 1 is 1.13 bits per heavy atom. The third-order valence-electron chi connectivity index (χ3n) is 4.25. The number of carboxylic acids is 1. The van der Waals surface area contributed by atoms with E-state index in [1.165, 1.54) is 18.3 Å². The predicted molar refractivity (Wildman–Crippen MR) is 99.9 cm³/mol. The van der Waals surface area contributed by atoms with Gasteiger partial charge in [-0.3, -0.25) is 4.79 Å². The van der Waals surface area contributed by atoms with E-state index in [1.54, 1.807) is 30.3 Å². The maximum atomic E-state index is 11.7. The number of likely N-dealkylation sites (tertiary alicyclic amines) is 1. The summed E-state index contributed by atoms with van der Waals surface area (Å²) in [6, 6.07) is 8.74. The average Bonchev–Trinajstić information content (AvgIpc) is 2.63. The summed E-state index contributed by atoms with van der Waals surface area (Å²) in [5.74, 6) is -2.38. The molecule has 1 fully saturated rings. The van der Waals surface area contributed by atoms with Crippen molar-refractivity contribution < 1.29 is 32.7 Å². The van der Waals surface area contributed by atoms with E-state index in [0.717, 1.165) is 0 Å². The summed E-state index contributed by atoms with van der Waals surface area (Å²) in [5.41, 5.74) is 11.5. The van der Waals surface area contributed by atoms with Gasteiger partial charge in [-0.25, -0.2) is 19.5 Å². The Kier molecular flexibility index (Phi) is 6.98. The summed E-state index contributed by atoms with van der Waals surface area (Å²) in [5, 5.41) is 9.03. The molecule has 1 aliphatic heterocycles. The summed E-state index contributed by atoms with van der Waals surface area (Å²) in [6.45, 7) is 0. The minimum Gasteiger partial charge on any atom is -0.480 e. The van der Waals surface area contributed by atoms with Crippen LogP contribution in [-0.4, -0.2) is 45.1 Å². The normalized spacial score (nSPS) is 18.1.